The Bertz CT molecular complexity index is 597. The minimum absolute atomic E-state index is 0.178. The predicted octanol–water partition coefficient (Wildman–Crippen LogP) is 4.81. The smallest absolute Gasteiger partial charge is 0.340 e. The lowest BCUT2D eigenvalue weighted by atomic mass is 10.1. The summed E-state index contributed by atoms with van der Waals surface area (Å²) >= 11 is 5.71. The maximum Gasteiger partial charge on any atom is 0.416 e. The van der Waals surface area contributed by atoms with Crippen LogP contribution in [0.1, 0.15) is 11.1 Å². The van der Waals surface area contributed by atoms with Gasteiger partial charge in [-0.1, -0.05) is 23.7 Å². The summed E-state index contributed by atoms with van der Waals surface area (Å²) in [6.07, 6.45) is -4.37. The van der Waals surface area contributed by atoms with E-state index in [1.807, 2.05) is 0 Å². The number of anilines is 2. The number of hydrogen-bond donors (Lipinski definition) is 1. The topological polar surface area (TPSA) is 24.9 Å². The van der Waals surface area contributed by atoms with Gasteiger partial charge in [0.15, 0.2) is 0 Å². The largest absolute Gasteiger partial charge is 0.416 e. The van der Waals surface area contributed by atoms with Crippen molar-refractivity contribution in [1.29, 1.82) is 0 Å². The van der Waals surface area contributed by atoms with Crippen LogP contribution in [0.25, 0.3) is 0 Å². The fraction of sp³-hybridized carbons (Fsp3) is 0.154. The molecule has 1 aromatic carbocycles. The second kappa shape index (κ2) is 5.09. The summed E-state index contributed by atoms with van der Waals surface area (Å²) in [6, 6.07) is 8.90. The van der Waals surface area contributed by atoms with Crippen LogP contribution in [0, 0.1) is 6.92 Å². The van der Waals surface area contributed by atoms with Gasteiger partial charge >= 0.3 is 6.18 Å². The summed E-state index contributed by atoms with van der Waals surface area (Å²) in [6.45, 7) is 1.42. The summed E-state index contributed by atoms with van der Waals surface area (Å²) in [5.41, 5.74) is -0.177. The number of nitrogens with one attached hydrogen (secondary N) is 1. The lowest BCUT2D eigenvalue weighted by Crippen LogP contribution is -2.08. The summed E-state index contributed by atoms with van der Waals surface area (Å²) in [4.78, 5) is 3.96. The third kappa shape index (κ3) is 3.38. The maximum absolute atomic E-state index is 12.8. The molecule has 0 saturated heterocycles. The lowest BCUT2D eigenvalue weighted by molar-refractivity contribution is -0.138. The van der Waals surface area contributed by atoms with Gasteiger partial charge in [0.25, 0.3) is 0 Å². The molecule has 100 valence electrons. The maximum atomic E-state index is 12.8. The highest BCUT2D eigenvalue weighted by Gasteiger charge is 2.32. The lowest BCUT2D eigenvalue weighted by Gasteiger charge is -2.13. The third-order valence-corrected chi connectivity index (χ3v) is 2.74. The Balaban J connectivity index is 2.32. The number of pyridine rings is 1. The average molecular weight is 287 g/mol. The van der Waals surface area contributed by atoms with Crippen LogP contribution in [0.15, 0.2) is 36.4 Å². The first-order valence-corrected chi connectivity index (χ1v) is 5.81. The molecule has 1 aromatic heterocycles. The highest BCUT2D eigenvalue weighted by Crippen LogP contribution is 2.33. The zero-order valence-corrected chi connectivity index (χ0v) is 10.7. The van der Waals surface area contributed by atoms with Crippen molar-refractivity contribution >= 4 is 23.1 Å². The van der Waals surface area contributed by atoms with Crippen LogP contribution >= 0.6 is 11.6 Å². The van der Waals surface area contributed by atoms with E-state index in [1.54, 1.807) is 24.3 Å². The van der Waals surface area contributed by atoms with Crippen molar-refractivity contribution < 1.29 is 13.2 Å². The van der Waals surface area contributed by atoms with Gasteiger partial charge in [0.1, 0.15) is 11.0 Å². The number of hydrogen-bond acceptors (Lipinski definition) is 2. The Kier molecular flexibility index (Phi) is 3.66. The molecule has 0 radical (unpaired) electrons. The van der Waals surface area contributed by atoms with Gasteiger partial charge in [0, 0.05) is 5.69 Å². The molecule has 0 saturated carbocycles. The van der Waals surface area contributed by atoms with E-state index in [1.165, 1.54) is 13.0 Å². The predicted molar refractivity (Wildman–Crippen MR) is 68.7 cm³/mol. The zero-order valence-electron chi connectivity index (χ0n) is 9.92. The highest BCUT2D eigenvalue weighted by molar-refractivity contribution is 6.29. The molecule has 0 aliphatic carbocycles. The second-order valence-electron chi connectivity index (χ2n) is 4.00. The zero-order chi connectivity index (χ0) is 14.0. The molecule has 0 atom stereocenters. The molecule has 0 unspecified atom stereocenters. The Morgan fingerprint density at radius 3 is 2.53 bits per heavy atom. The molecule has 0 amide bonds. The van der Waals surface area contributed by atoms with Gasteiger partial charge in [-0.05, 0) is 36.8 Å². The first kappa shape index (κ1) is 13.7. The summed E-state index contributed by atoms with van der Waals surface area (Å²) in [5, 5.41) is 3.06. The van der Waals surface area contributed by atoms with Crippen molar-refractivity contribution in [3.8, 4) is 0 Å². The number of aromatic nitrogens is 1. The normalized spacial score (nSPS) is 11.4. The monoisotopic (exact) mass is 286 g/mol. The number of halogens is 4. The molecule has 0 bridgehead atoms. The first-order chi connectivity index (χ1) is 8.86. The number of benzene rings is 1. The molecule has 6 heteroatoms. The Hall–Kier alpha value is -1.75. The number of nitrogens with zero attached hydrogens (tertiary/aromatic N) is 1. The molecule has 0 spiro atoms. The van der Waals surface area contributed by atoms with Crippen LogP contribution in [0.3, 0.4) is 0 Å². The van der Waals surface area contributed by atoms with E-state index >= 15 is 0 Å². The minimum Gasteiger partial charge on any atom is -0.340 e. The van der Waals surface area contributed by atoms with E-state index in [0.717, 1.165) is 6.07 Å². The molecule has 0 aliphatic rings. The van der Waals surface area contributed by atoms with Gasteiger partial charge < -0.3 is 5.32 Å². The van der Waals surface area contributed by atoms with E-state index < -0.39 is 11.7 Å². The van der Waals surface area contributed by atoms with Crippen LogP contribution in [0.2, 0.25) is 5.15 Å². The van der Waals surface area contributed by atoms with Gasteiger partial charge in [0.05, 0.1) is 5.56 Å². The number of alkyl halides is 3. The fourth-order valence-corrected chi connectivity index (χ4v) is 1.79. The Morgan fingerprint density at radius 2 is 1.89 bits per heavy atom. The third-order valence-electron chi connectivity index (χ3n) is 2.53. The minimum atomic E-state index is -4.37. The van der Waals surface area contributed by atoms with Gasteiger partial charge in [-0.2, -0.15) is 13.2 Å². The van der Waals surface area contributed by atoms with E-state index in [2.05, 4.69) is 10.3 Å². The van der Waals surface area contributed by atoms with Crippen molar-refractivity contribution in [3.63, 3.8) is 0 Å². The summed E-state index contributed by atoms with van der Waals surface area (Å²) < 4.78 is 38.3. The standard InChI is InChI=1S/C13H10ClF3N2/c1-8-5-6-9(7-10(8)13(15,16)17)18-12-4-2-3-11(14)19-12/h2-7H,1H3,(H,18,19). The second-order valence-corrected chi connectivity index (χ2v) is 4.39. The van der Waals surface area contributed by atoms with Crippen LogP contribution in [-0.4, -0.2) is 4.98 Å². The number of aryl methyl sites for hydroxylation is 1. The quantitative estimate of drug-likeness (QED) is 0.802. The van der Waals surface area contributed by atoms with E-state index in [4.69, 9.17) is 11.6 Å². The molecule has 0 aliphatic heterocycles. The Morgan fingerprint density at radius 1 is 1.16 bits per heavy atom. The van der Waals surface area contributed by atoms with E-state index in [0.29, 0.717) is 11.5 Å². The first-order valence-electron chi connectivity index (χ1n) is 5.44. The average Bonchev–Trinajstić information content (AvgIpc) is 2.30. The molecule has 1 N–H and O–H groups in total. The van der Waals surface area contributed by atoms with Crippen LogP contribution in [0.4, 0.5) is 24.7 Å². The molecule has 1 heterocycles. The van der Waals surface area contributed by atoms with Gasteiger partial charge in [0.2, 0.25) is 0 Å². The van der Waals surface area contributed by atoms with Crippen molar-refractivity contribution in [1.82, 2.24) is 4.98 Å². The van der Waals surface area contributed by atoms with E-state index in [-0.39, 0.29) is 10.7 Å². The summed E-state index contributed by atoms with van der Waals surface area (Å²) in [7, 11) is 0. The van der Waals surface area contributed by atoms with Gasteiger partial charge in [-0.25, -0.2) is 4.98 Å². The van der Waals surface area contributed by atoms with Crippen molar-refractivity contribution in [2.24, 2.45) is 0 Å². The van der Waals surface area contributed by atoms with Gasteiger partial charge in [-0.15, -0.1) is 0 Å². The molecule has 19 heavy (non-hydrogen) atoms. The Labute approximate surface area is 113 Å². The van der Waals surface area contributed by atoms with Crippen molar-refractivity contribution in [3.05, 3.63) is 52.7 Å². The molecule has 2 aromatic rings. The van der Waals surface area contributed by atoms with Gasteiger partial charge in [-0.3, -0.25) is 0 Å². The molecule has 2 rings (SSSR count). The van der Waals surface area contributed by atoms with Crippen LogP contribution in [0.5, 0.6) is 0 Å². The number of rotatable bonds is 2. The molecule has 0 fully saturated rings. The molecular formula is C13H10ClF3N2. The highest BCUT2D eigenvalue weighted by atomic mass is 35.5. The fourth-order valence-electron chi connectivity index (χ4n) is 1.63. The van der Waals surface area contributed by atoms with Crippen molar-refractivity contribution in [2.75, 3.05) is 5.32 Å². The van der Waals surface area contributed by atoms with E-state index in [9.17, 15) is 13.2 Å². The van der Waals surface area contributed by atoms with Crippen LogP contribution < -0.4 is 5.32 Å². The van der Waals surface area contributed by atoms with Crippen LogP contribution in [-0.2, 0) is 6.18 Å². The summed E-state index contributed by atoms with van der Waals surface area (Å²) in [5.74, 6) is 0.393. The SMILES string of the molecule is Cc1ccc(Nc2cccc(Cl)n2)cc1C(F)(F)F. The molecule has 2 nitrogen and oxygen atoms in total. The van der Waals surface area contributed by atoms with Crippen molar-refractivity contribution in [2.45, 2.75) is 13.1 Å². The molecular weight excluding hydrogens is 277 g/mol.